The van der Waals surface area contributed by atoms with Crippen LogP contribution < -0.4 is 33.2 Å². The summed E-state index contributed by atoms with van der Waals surface area (Å²) in [6, 6.07) is 4.17. The lowest BCUT2D eigenvalue weighted by Gasteiger charge is -2.27. The maximum atomic E-state index is 13.0. The van der Waals surface area contributed by atoms with E-state index >= 15 is 0 Å². The number of carbonyl (C=O) groups is 4. The highest BCUT2D eigenvalue weighted by Gasteiger charge is 2.31. The molecule has 0 bridgehead atoms. The molecule has 0 heterocycles. The number of aliphatic hydroxyl groups is 1. The number of aliphatic imine (C=N–C) groups is 1. The molecule has 4 unspecified atom stereocenters. The fourth-order valence-electron chi connectivity index (χ4n) is 3.23. The Morgan fingerprint density at radius 2 is 1.56 bits per heavy atom. The molecule has 11 N–H and O–H groups in total. The first kappa shape index (κ1) is 30.3. The van der Waals surface area contributed by atoms with Gasteiger partial charge < -0.3 is 43.4 Å². The third kappa shape index (κ3) is 10.7. The van der Waals surface area contributed by atoms with Gasteiger partial charge in [-0.2, -0.15) is 0 Å². The number of nitrogens with two attached hydrogens (primary N) is 3. The summed E-state index contributed by atoms with van der Waals surface area (Å²) < 4.78 is 0. The van der Waals surface area contributed by atoms with Gasteiger partial charge in [-0.05, 0) is 24.3 Å². The first-order valence-electron chi connectivity index (χ1n) is 11.6. The third-order valence-electron chi connectivity index (χ3n) is 5.26. The fourth-order valence-corrected chi connectivity index (χ4v) is 3.23. The van der Waals surface area contributed by atoms with Gasteiger partial charge in [0.05, 0.1) is 6.61 Å². The lowest BCUT2D eigenvalue weighted by atomic mass is 10.0. The van der Waals surface area contributed by atoms with Gasteiger partial charge in [0.2, 0.25) is 17.7 Å². The molecule has 4 atom stereocenters. The molecule has 0 aliphatic heterocycles. The fraction of sp³-hybridized carbons (Fsp3) is 0.522. The van der Waals surface area contributed by atoms with Gasteiger partial charge in [-0.25, -0.2) is 4.79 Å². The normalized spacial score (nSPS) is 14.1. The van der Waals surface area contributed by atoms with E-state index in [1.165, 1.54) is 0 Å². The van der Waals surface area contributed by atoms with Crippen LogP contribution in [0.15, 0.2) is 35.3 Å². The Balaban J connectivity index is 2.96. The monoisotopic (exact) mass is 507 g/mol. The molecule has 13 nitrogen and oxygen atoms in total. The van der Waals surface area contributed by atoms with Crippen molar-refractivity contribution in [2.45, 2.75) is 57.3 Å². The molecular formula is C23H37N7O6. The van der Waals surface area contributed by atoms with Gasteiger partial charge in [0.1, 0.15) is 24.2 Å². The number of benzene rings is 1. The molecule has 1 aromatic rings. The first-order valence-corrected chi connectivity index (χ1v) is 11.6. The lowest BCUT2D eigenvalue weighted by Crippen LogP contribution is -2.58. The van der Waals surface area contributed by atoms with E-state index in [0.717, 1.165) is 5.56 Å². The number of guanidine groups is 1. The number of carboxylic acid groups (broad SMARTS) is 1. The molecule has 1 aromatic carbocycles. The van der Waals surface area contributed by atoms with Gasteiger partial charge in [-0.1, -0.05) is 44.2 Å². The average Bonchev–Trinajstić information content (AvgIpc) is 2.83. The van der Waals surface area contributed by atoms with Gasteiger partial charge in [-0.15, -0.1) is 0 Å². The van der Waals surface area contributed by atoms with E-state index in [2.05, 4.69) is 20.9 Å². The van der Waals surface area contributed by atoms with Crippen LogP contribution in [-0.2, 0) is 25.6 Å². The SMILES string of the molecule is CC(C)C(NC(=O)C(CCCN=C(N)N)NC(=O)C(N)CO)C(=O)NC(Cc1ccccc1)C(=O)O. The number of carboxylic acids is 1. The summed E-state index contributed by atoms with van der Waals surface area (Å²) in [7, 11) is 0. The molecule has 3 amide bonds. The maximum absolute atomic E-state index is 13.0. The number of nitrogens with one attached hydrogen (secondary N) is 3. The summed E-state index contributed by atoms with van der Waals surface area (Å²) in [5, 5.41) is 26.3. The predicted molar refractivity (Wildman–Crippen MR) is 133 cm³/mol. The zero-order valence-electron chi connectivity index (χ0n) is 20.5. The smallest absolute Gasteiger partial charge is 0.326 e. The molecule has 0 saturated carbocycles. The number of aliphatic hydroxyl groups excluding tert-OH is 1. The highest BCUT2D eigenvalue weighted by molar-refractivity contribution is 5.94. The molecule has 200 valence electrons. The topological polar surface area (TPSA) is 235 Å². The van der Waals surface area contributed by atoms with E-state index in [4.69, 9.17) is 22.3 Å². The van der Waals surface area contributed by atoms with Crippen molar-refractivity contribution in [3.8, 4) is 0 Å². The van der Waals surface area contributed by atoms with E-state index < -0.39 is 60.4 Å². The zero-order chi connectivity index (χ0) is 27.3. The molecule has 0 fully saturated rings. The Kier molecular flexibility index (Phi) is 12.9. The molecular weight excluding hydrogens is 470 g/mol. The van der Waals surface area contributed by atoms with Crippen molar-refractivity contribution in [1.82, 2.24) is 16.0 Å². The van der Waals surface area contributed by atoms with Gasteiger partial charge in [0.15, 0.2) is 5.96 Å². The molecule has 0 radical (unpaired) electrons. The van der Waals surface area contributed by atoms with Crippen LogP contribution in [0.5, 0.6) is 0 Å². The second-order valence-electron chi connectivity index (χ2n) is 8.62. The lowest BCUT2D eigenvalue weighted by molar-refractivity contribution is -0.142. The van der Waals surface area contributed by atoms with Crippen molar-refractivity contribution in [2.75, 3.05) is 13.2 Å². The minimum Gasteiger partial charge on any atom is -0.480 e. The molecule has 0 saturated heterocycles. The zero-order valence-corrected chi connectivity index (χ0v) is 20.5. The van der Waals surface area contributed by atoms with Crippen LogP contribution in [0.2, 0.25) is 0 Å². The second kappa shape index (κ2) is 15.3. The largest absolute Gasteiger partial charge is 0.480 e. The van der Waals surface area contributed by atoms with Crippen LogP contribution in [0, 0.1) is 5.92 Å². The van der Waals surface area contributed by atoms with Crippen molar-refractivity contribution in [3.63, 3.8) is 0 Å². The van der Waals surface area contributed by atoms with Crippen LogP contribution in [0.4, 0.5) is 0 Å². The van der Waals surface area contributed by atoms with Crippen molar-refractivity contribution >= 4 is 29.7 Å². The van der Waals surface area contributed by atoms with Gasteiger partial charge in [-0.3, -0.25) is 19.4 Å². The molecule has 1 rings (SSSR count). The minimum atomic E-state index is -1.24. The van der Waals surface area contributed by atoms with Crippen LogP contribution in [-0.4, -0.2) is 77.2 Å². The number of hydrogen-bond acceptors (Lipinski definition) is 7. The molecule has 0 aliphatic rings. The van der Waals surface area contributed by atoms with Crippen LogP contribution in [0.1, 0.15) is 32.3 Å². The summed E-state index contributed by atoms with van der Waals surface area (Å²) in [6.45, 7) is 2.95. The second-order valence-corrected chi connectivity index (χ2v) is 8.62. The summed E-state index contributed by atoms with van der Waals surface area (Å²) in [5.41, 5.74) is 16.9. The highest BCUT2D eigenvalue weighted by atomic mass is 16.4. The minimum absolute atomic E-state index is 0.0587. The van der Waals surface area contributed by atoms with E-state index in [1.54, 1.807) is 44.2 Å². The van der Waals surface area contributed by atoms with Crippen molar-refractivity contribution in [2.24, 2.45) is 28.1 Å². The van der Waals surface area contributed by atoms with Crippen LogP contribution in [0.3, 0.4) is 0 Å². The summed E-state index contributed by atoms with van der Waals surface area (Å²) in [5.74, 6) is -3.86. The summed E-state index contributed by atoms with van der Waals surface area (Å²) in [4.78, 5) is 53.8. The Labute approximate surface area is 209 Å². The van der Waals surface area contributed by atoms with Crippen LogP contribution >= 0.6 is 0 Å². The number of carbonyl (C=O) groups excluding carboxylic acids is 3. The molecule has 0 aliphatic carbocycles. The van der Waals surface area contributed by atoms with Crippen LogP contribution in [0.25, 0.3) is 0 Å². The molecule has 36 heavy (non-hydrogen) atoms. The Hall–Kier alpha value is -3.71. The standard InChI is InChI=1S/C23H37N7O6/c1-13(2)18(21(34)29-17(22(35)36)11-14-7-4-3-5-8-14)30-20(33)16(9-6-10-27-23(25)26)28-19(32)15(24)12-31/h3-5,7-8,13,15-18,31H,6,9-12,24H2,1-2H3,(H,28,32)(H,29,34)(H,30,33)(H,35,36)(H4,25,26,27). The third-order valence-corrected chi connectivity index (χ3v) is 5.26. The number of rotatable bonds is 15. The highest BCUT2D eigenvalue weighted by Crippen LogP contribution is 2.08. The average molecular weight is 508 g/mol. The van der Waals surface area contributed by atoms with E-state index in [0.29, 0.717) is 6.42 Å². The van der Waals surface area contributed by atoms with E-state index in [9.17, 15) is 24.3 Å². The van der Waals surface area contributed by atoms with Crippen molar-refractivity contribution in [3.05, 3.63) is 35.9 Å². The van der Waals surface area contributed by atoms with Gasteiger partial charge in [0.25, 0.3) is 0 Å². The quantitative estimate of drug-likeness (QED) is 0.0729. The number of amides is 3. The predicted octanol–water partition coefficient (Wildman–Crippen LogP) is -2.20. The number of hydrogen-bond donors (Lipinski definition) is 8. The Morgan fingerprint density at radius 3 is 2.08 bits per heavy atom. The van der Waals surface area contributed by atoms with Gasteiger partial charge >= 0.3 is 5.97 Å². The maximum Gasteiger partial charge on any atom is 0.326 e. The van der Waals surface area contributed by atoms with Crippen molar-refractivity contribution in [1.29, 1.82) is 0 Å². The summed E-state index contributed by atoms with van der Waals surface area (Å²) >= 11 is 0. The number of nitrogens with zero attached hydrogens (tertiary/aromatic N) is 1. The number of aliphatic carboxylic acids is 1. The Bertz CT molecular complexity index is 905. The molecule has 0 spiro atoms. The van der Waals surface area contributed by atoms with Gasteiger partial charge in [0, 0.05) is 13.0 Å². The molecule has 13 heteroatoms. The Morgan fingerprint density at radius 1 is 0.944 bits per heavy atom. The van der Waals surface area contributed by atoms with E-state index in [-0.39, 0.29) is 25.3 Å². The van der Waals surface area contributed by atoms with E-state index in [1.807, 2.05) is 0 Å². The molecule has 0 aromatic heterocycles. The summed E-state index contributed by atoms with van der Waals surface area (Å²) in [6.07, 6.45) is 0.495. The first-order chi connectivity index (χ1) is 17.0. The van der Waals surface area contributed by atoms with Crippen molar-refractivity contribution < 1.29 is 29.4 Å².